The van der Waals surface area contributed by atoms with Crippen molar-refractivity contribution in [3.8, 4) is 16.9 Å². The number of ether oxygens (including phenoxy) is 1. The molecular weight excluding hydrogens is 407 g/mol. The molecular formula is C24H20F3NO3. The summed E-state index contributed by atoms with van der Waals surface area (Å²) in [5.74, 6) is -0.286. The zero-order valence-corrected chi connectivity index (χ0v) is 16.5. The van der Waals surface area contributed by atoms with Gasteiger partial charge in [-0.1, -0.05) is 30.3 Å². The van der Waals surface area contributed by atoms with E-state index >= 15 is 0 Å². The van der Waals surface area contributed by atoms with Crippen LogP contribution in [0.3, 0.4) is 0 Å². The van der Waals surface area contributed by atoms with Crippen molar-refractivity contribution in [3.05, 3.63) is 83.2 Å². The highest BCUT2D eigenvalue weighted by Crippen LogP contribution is 2.42. The molecule has 160 valence electrons. The van der Waals surface area contributed by atoms with E-state index in [2.05, 4.69) is 4.98 Å². The first-order valence-corrected chi connectivity index (χ1v) is 9.94. The summed E-state index contributed by atoms with van der Waals surface area (Å²) in [7, 11) is 0. The molecule has 1 atom stereocenters. The normalized spacial score (nSPS) is 15.8. The third-order valence-corrected chi connectivity index (χ3v) is 5.62. The molecule has 0 aliphatic carbocycles. The molecule has 2 heterocycles. The Morgan fingerprint density at radius 3 is 2.74 bits per heavy atom. The predicted molar refractivity (Wildman–Crippen MR) is 109 cm³/mol. The summed E-state index contributed by atoms with van der Waals surface area (Å²) in [4.78, 5) is 15.4. The smallest absolute Gasteiger partial charge is 0.417 e. The van der Waals surface area contributed by atoms with E-state index in [4.69, 9.17) is 4.74 Å². The maximum atomic E-state index is 13.4. The molecule has 1 N–H and O–H groups in total. The summed E-state index contributed by atoms with van der Waals surface area (Å²) in [5.41, 5.74) is 1.72. The summed E-state index contributed by atoms with van der Waals surface area (Å²) in [6.07, 6.45) is 0.576. The second-order valence-corrected chi connectivity index (χ2v) is 7.51. The average molecular weight is 427 g/mol. The lowest BCUT2D eigenvalue weighted by Gasteiger charge is -2.27. The van der Waals surface area contributed by atoms with Crippen LogP contribution in [0, 0.1) is 0 Å². The van der Waals surface area contributed by atoms with Crippen molar-refractivity contribution >= 4 is 5.97 Å². The van der Waals surface area contributed by atoms with Gasteiger partial charge in [0.25, 0.3) is 0 Å². The Balaban J connectivity index is 1.60. The third kappa shape index (κ3) is 4.40. The Kier molecular flexibility index (Phi) is 5.67. The molecule has 0 amide bonds. The van der Waals surface area contributed by atoms with E-state index in [0.717, 1.165) is 18.1 Å². The van der Waals surface area contributed by atoms with Crippen LogP contribution < -0.4 is 4.74 Å². The van der Waals surface area contributed by atoms with Crippen LogP contribution in [0.2, 0.25) is 0 Å². The maximum Gasteiger partial charge on any atom is 0.417 e. The molecule has 1 aromatic heterocycles. The Bertz CT molecular complexity index is 1110. The number of carboxylic acids is 1. The molecule has 7 heteroatoms. The summed E-state index contributed by atoms with van der Waals surface area (Å²) in [6.45, 7) is 0.459. The van der Waals surface area contributed by atoms with E-state index in [1.807, 2.05) is 6.07 Å². The summed E-state index contributed by atoms with van der Waals surface area (Å²) in [6, 6.07) is 12.2. The summed E-state index contributed by atoms with van der Waals surface area (Å²) >= 11 is 0. The lowest BCUT2D eigenvalue weighted by atomic mass is 9.86. The number of aromatic nitrogens is 1. The number of alkyl halides is 3. The van der Waals surface area contributed by atoms with Gasteiger partial charge in [0.15, 0.2) is 0 Å². The second kappa shape index (κ2) is 8.41. The number of hydrogen-bond acceptors (Lipinski definition) is 3. The van der Waals surface area contributed by atoms with Gasteiger partial charge in [-0.2, -0.15) is 13.2 Å². The molecule has 1 aliphatic rings. The Hall–Kier alpha value is -3.35. The zero-order chi connectivity index (χ0) is 22.0. The van der Waals surface area contributed by atoms with Crippen molar-refractivity contribution < 1.29 is 27.8 Å². The fraction of sp³-hybridized carbons (Fsp3) is 0.250. The highest BCUT2D eigenvalue weighted by atomic mass is 19.4. The SMILES string of the molecule is O=C(O)c1ccncc1CC[C@@H]1CCOc2cc(-c3ccccc3C(F)(F)F)ccc21. The highest BCUT2D eigenvalue weighted by molar-refractivity contribution is 5.89. The molecule has 2 aromatic carbocycles. The van der Waals surface area contributed by atoms with E-state index in [1.54, 1.807) is 24.4 Å². The molecule has 0 fully saturated rings. The number of halogens is 3. The van der Waals surface area contributed by atoms with Crippen LogP contribution in [0.25, 0.3) is 11.1 Å². The third-order valence-electron chi connectivity index (χ3n) is 5.62. The molecule has 0 saturated heterocycles. The standard InChI is InChI=1S/C24H20F3NO3/c25-24(26,27)21-4-2-1-3-18(21)16-7-8-19-15(10-12-31-22(19)13-16)5-6-17-14-28-11-9-20(17)23(29)30/h1-4,7-9,11,13-15H,5-6,10,12H2,(H,29,30)/t15-/m1/s1. The van der Waals surface area contributed by atoms with Crippen molar-refractivity contribution in [2.45, 2.75) is 31.4 Å². The first-order chi connectivity index (χ1) is 14.8. The molecule has 1 aliphatic heterocycles. The molecule has 4 nitrogen and oxygen atoms in total. The topological polar surface area (TPSA) is 59.4 Å². The van der Waals surface area contributed by atoms with Gasteiger partial charge in [-0.3, -0.25) is 4.98 Å². The summed E-state index contributed by atoms with van der Waals surface area (Å²) < 4.78 is 46.0. The monoisotopic (exact) mass is 427 g/mol. The molecule has 0 spiro atoms. The van der Waals surface area contributed by atoms with Gasteiger partial charge in [-0.05, 0) is 65.6 Å². The van der Waals surface area contributed by atoms with Crippen molar-refractivity contribution in [1.82, 2.24) is 4.98 Å². The molecule has 3 aromatic rings. The van der Waals surface area contributed by atoms with Crippen molar-refractivity contribution in [2.75, 3.05) is 6.61 Å². The first kappa shape index (κ1) is 20.9. The van der Waals surface area contributed by atoms with Gasteiger partial charge in [0, 0.05) is 12.4 Å². The Morgan fingerprint density at radius 1 is 1.16 bits per heavy atom. The second-order valence-electron chi connectivity index (χ2n) is 7.51. The minimum atomic E-state index is -4.44. The van der Waals surface area contributed by atoms with E-state index < -0.39 is 17.7 Å². The number of nitrogens with zero attached hydrogens (tertiary/aromatic N) is 1. The number of benzene rings is 2. The fourth-order valence-corrected chi connectivity index (χ4v) is 4.08. The van der Waals surface area contributed by atoms with Crippen LogP contribution in [0.15, 0.2) is 60.9 Å². The van der Waals surface area contributed by atoms with Crippen molar-refractivity contribution in [3.63, 3.8) is 0 Å². The minimum Gasteiger partial charge on any atom is -0.493 e. The van der Waals surface area contributed by atoms with Gasteiger partial charge in [0.05, 0.1) is 17.7 Å². The maximum absolute atomic E-state index is 13.4. The molecule has 0 radical (unpaired) electrons. The minimum absolute atomic E-state index is 0.116. The number of fused-ring (bicyclic) bond motifs is 1. The van der Waals surface area contributed by atoms with Crippen molar-refractivity contribution in [1.29, 1.82) is 0 Å². The Morgan fingerprint density at radius 2 is 1.97 bits per heavy atom. The Labute approximate surface area is 177 Å². The van der Waals surface area contributed by atoms with Crippen LogP contribution in [-0.4, -0.2) is 22.7 Å². The van der Waals surface area contributed by atoms with Gasteiger partial charge in [0.2, 0.25) is 0 Å². The molecule has 4 rings (SSSR count). The van der Waals surface area contributed by atoms with Gasteiger partial charge in [0.1, 0.15) is 5.75 Å². The number of rotatable bonds is 5. The van der Waals surface area contributed by atoms with Crippen LogP contribution in [0.5, 0.6) is 5.75 Å². The number of aromatic carboxylic acids is 1. The fourth-order valence-electron chi connectivity index (χ4n) is 4.08. The molecule has 31 heavy (non-hydrogen) atoms. The zero-order valence-electron chi connectivity index (χ0n) is 16.5. The van der Waals surface area contributed by atoms with E-state index in [-0.39, 0.29) is 17.0 Å². The largest absolute Gasteiger partial charge is 0.493 e. The molecule has 0 saturated carbocycles. The number of hydrogen-bond donors (Lipinski definition) is 1. The van der Waals surface area contributed by atoms with E-state index in [9.17, 15) is 23.1 Å². The van der Waals surface area contributed by atoms with Crippen LogP contribution in [0.1, 0.15) is 45.8 Å². The van der Waals surface area contributed by atoms with Gasteiger partial charge < -0.3 is 9.84 Å². The van der Waals surface area contributed by atoms with Crippen LogP contribution in [-0.2, 0) is 12.6 Å². The highest BCUT2D eigenvalue weighted by Gasteiger charge is 2.33. The predicted octanol–water partition coefficient (Wildman–Crippen LogP) is 5.96. The molecule has 0 bridgehead atoms. The van der Waals surface area contributed by atoms with E-state index in [1.165, 1.54) is 24.4 Å². The van der Waals surface area contributed by atoms with Gasteiger partial charge >= 0.3 is 12.1 Å². The lowest BCUT2D eigenvalue weighted by Crippen LogP contribution is -2.15. The number of pyridine rings is 1. The van der Waals surface area contributed by atoms with Gasteiger partial charge in [-0.25, -0.2) is 4.79 Å². The number of carboxylic acid groups (broad SMARTS) is 1. The quantitative estimate of drug-likeness (QED) is 0.545. The van der Waals surface area contributed by atoms with Crippen LogP contribution >= 0.6 is 0 Å². The number of carbonyl (C=O) groups is 1. The van der Waals surface area contributed by atoms with Gasteiger partial charge in [-0.15, -0.1) is 0 Å². The molecule has 0 unspecified atom stereocenters. The first-order valence-electron chi connectivity index (χ1n) is 9.94. The lowest BCUT2D eigenvalue weighted by molar-refractivity contribution is -0.137. The number of aryl methyl sites for hydroxylation is 1. The van der Waals surface area contributed by atoms with Crippen molar-refractivity contribution in [2.24, 2.45) is 0 Å². The van der Waals surface area contributed by atoms with E-state index in [0.29, 0.717) is 36.3 Å². The van der Waals surface area contributed by atoms with Crippen LogP contribution in [0.4, 0.5) is 13.2 Å². The average Bonchev–Trinajstić information content (AvgIpc) is 2.76. The summed E-state index contributed by atoms with van der Waals surface area (Å²) in [5, 5.41) is 9.35.